The molecule has 0 heterocycles. The first-order valence-electron chi connectivity index (χ1n) is 5.38. The molecule has 7 heteroatoms. The maximum Gasteiger partial charge on any atom is 0.338 e. The summed E-state index contributed by atoms with van der Waals surface area (Å²) in [5.74, 6) is -1.26. The van der Waals surface area contributed by atoms with E-state index in [0.29, 0.717) is 6.42 Å². The van der Waals surface area contributed by atoms with Gasteiger partial charge in [-0.2, -0.15) is 0 Å². The number of hydrogen-bond donors (Lipinski definition) is 3. The number of rotatable bonds is 6. The minimum absolute atomic E-state index is 0.146. The number of aliphatic hydroxyl groups is 1. The lowest BCUT2D eigenvalue weighted by Crippen LogP contribution is -2.23. The predicted molar refractivity (Wildman–Crippen MR) is 64.8 cm³/mol. The standard InChI is InChI=1S/C11H14N2O5/c1-2-7(6-14)12-10-4-3-8(13(17)18)5-9(10)11(15)16/h3-5,7,12,14H,2,6H2,1H3,(H,15,16). The molecule has 18 heavy (non-hydrogen) atoms. The second kappa shape index (κ2) is 5.97. The molecule has 0 aliphatic heterocycles. The van der Waals surface area contributed by atoms with E-state index in [2.05, 4.69) is 5.32 Å². The van der Waals surface area contributed by atoms with E-state index in [4.69, 9.17) is 10.2 Å². The lowest BCUT2D eigenvalue weighted by Gasteiger charge is -2.16. The largest absolute Gasteiger partial charge is 0.478 e. The van der Waals surface area contributed by atoms with Crippen molar-refractivity contribution < 1.29 is 19.9 Å². The summed E-state index contributed by atoms with van der Waals surface area (Å²) in [6.07, 6.45) is 0.604. The smallest absolute Gasteiger partial charge is 0.338 e. The molecule has 0 bridgehead atoms. The van der Waals surface area contributed by atoms with Crippen molar-refractivity contribution in [1.29, 1.82) is 0 Å². The lowest BCUT2D eigenvalue weighted by atomic mass is 10.1. The van der Waals surface area contributed by atoms with Gasteiger partial charge in [-0.15, -0.1) is 0 Å². The molecule has 0 saturated heterocycles. The molecule has 0 fully saturated rings. The zero-order valence-corrected chi connectivity index (χ0v) is 9.79. The van der Waals surface area contributed by atoms with E-state index in [9.17, 15) is 14.9 Å². The quantitative estimate of drug-likeness (QED) is 0.523. The maximum atomic E-state index is 11.0. The summed E-state index contributed by atoms with van der Waals surface area (Å²) in [5, 5.41) is 31.5. The van der Waals surface area contributed by atoms with E-state index in [0.717, 1.165) is 6.07 Å². The first kappa shape index (κ1) is 13.9. The molecule has 3 N–H and O–H groups in total. The Morgan fingerprint density at radius 2 is 2.22 bits per heavy atom. The highest BCUT2D eigenvalue weighted by atomic mass is 16.6. The Labute approximate surface area is 103 Å². The van der Waals surface area contributed by atoms with Crippen LogP contribution in [0.3, 0.4) is 0 Å². The molecule has 1 atom stereocenters. The molecule has 1 rings (SSSR count). The number of benzene rings is 1. The van der Waals surface area contributed by atoms with Crippen LogP contribution in [0.2, 0.25) is 0 Å². The van der Waals surface area contributed by atoms with Gasteiger partial charge in [0, 0.05) is 23.9 Å². The van der Waals surface area contributed by atoms with Crippen LogP contribution in [0.15, 0.2) is 18.2 Å². The van der Waals surface area contributed by atoms with E-state index in [1.54, 1.807) is 0 Å². The molecule has 0 aromatic heterocycles. The van der Waals surface area contributed by atoms with Crippen LogP contribution >= 0.6 is 0 Å². The van der Waals surface area contributed by atoms with E-state index < -0.39 is 10.9 Å². The van der Waals surface area contributed by atoms with Gasteiger partial charge in [0.1, 0.15) is 0 Å². The number of carboxylic acids is 1. The van der Waals surface area contributed by atoms with Gasteiger partial charge in [-0.25, -0.2) is 4.79 Å². The second-order valence-corrected chi connectivity index (χ2v) is 3.72. The molecule has 98 valence electrons. The first-order chi connectivity index (χ1) is 8.49. The van der Waals surface area contributed by atoms with Gasteiger partial charge < -0.3 is 15.5 Å². The van der Waals surface area contributed by atoms with Crippen LogP contribution in [0.4, 0.5) is 11.4 Å². The van der Waals surface area contributed by atoms with Crippen molar-refractivity contribution in [2.45, 2.75) is 19.4 Å². The molecule has 0 radical (unpaired) electrons. The van der Waals surface area contributed by atoms with Crippen LogP contribution in [0.5, 0.6) is 0 Å². The summed E-state index contributed by atoms with van der Waals surface area (Å²) in [4.78, 5) is 21.0. The van der Waals surface area contributed by atoms with Gasteiger partial charge >= 0.3 is 5.97 Å². The molecule has 1 unspecified atom stereocenters. The van der Waals surface area contributed by atoms with E-state index in [-0.39, 0.29) is 29.6 Å². The van der Waals surface area contributed by atoms with Crippen molar-refractivity contribution in [3.63, 3.8) is 0 Å². The van der Waals surface area contributed by atoms with Gasteiger partial charge in [-0.05, 0) is 12.5 Å². The Hall–Kier alpha value is -2.15. The Kier molecular flexibility index (Phi) is 4.61. The zero-order chi connectivity index (χ0) is 13.7. The number of nitrogens with one attached hydrogen (secondary N) is 1. The fourth-order valence-electron chi connectivity index (χ4n) is 1.45. The van der Waals surface area contributed by atoms with Gasteiger partial charge in [-0.3, -0.25) is 10.1 Å². The summed E-state index contributed by atoms with van der Waals surface area (Å²) in [5.41, 5.74) is -0.208. The molecular formula is C11H14N2O5. The number of carboxylic acid groups (broad SMARTS) is 1. The molecule has 1 aromatic rings. The van der Waals surface area contributed by atoms with Crippen molar-refractivity contribution in [3.05, 3.63) is 33.9 Å². The Morgan fingerprint density at radius 3 is 2.67 bits per heavy atom. The zero-order valence-electron chi connectivity index (χ0n) is 9.79. The van der Waals surface area contributed by atoms with Gasteiger partial charge in [0.25, 0.3) is 5.69 Å². The van der Waals surface area contributed by atoms with Crippen molar-refractivity contribution in [2.24, 2.45) is 0 Å². The van der Waals surface area contributed by atoms with Crippen LogP contribution in [-0.2, 0) is 0 Å². The lowest BCUT2D eigenvalue weighted by molar-refractivity contribution is -0.384. The second-order valence-electron chi connectivity index (χ2n) is 3.72. The normalized spacial score (nSPS) is 11.9. The number of anilines is 1. The SMILES string of the molecule is CCC(CO)Nc1ccc([N+](=O)[O-])cc1C(=O)O. The minimum atomic E-state index is -1.26. The van der Waals surface area contributed by atoms with Crippen molar-refractivity contribution in [1.82, 2.24) is 0 Å². The Bertz CT molecular complexity index is 457. The Balaban J connectivity index is 3.11. The fraction of sp³-hybridized carbons (Fsp3) is 0.364. The number of non-ortho nitro benzene ring substituents is 1. The molecular weight excluding hydrogens is 240 g/mol. The average molecular weight is 254 g/mol. The van der Waals surface area contributed by atoms with Gasteiger partial charge in [0.15, 0.2) is 0 Å². The third kappa shape index (κ3) is 3.17. The van der Waals surface area contributed by atoms with E-state index in [1.807, 2.05) is 6.92 Å². The van der Waals surface area contributed by atoms with Crippen LogP contribution in [0.1, 0.15) is 23.7 Å². The summed E-state index contributed by atoms with van der Waals surface area (Å²) >= 11 is 0. The van der Waals surface area contributed by atoms with Crippen LogP contribution < -0.4 is 5.32 Å². The van der Waals surface area contributed by atoms with Crippen LogP contribution in [0, 0.1) is 10.1 Å². The molecule has 0 aliphatic rings. The first-order valence-corrected chi connectivity index (χ1v) is 5.38. The molecule has 0 spiro atoms. The number of nitro benzene ring substituents is 1. The summed E-state index contributed by atoms with van der Waals surface area (Å²) < 4.78 is 0. The van der Waals surface area contributed by atoms with Crippen LogP contribution in [0.25, 0.3) is 0 Å². The summed E-state index contributed by atoms with van der Waals surface area (Å²) in [6, 6.07) is 3.26. The van der Waals surface area contributed by atoms with Gasteiger partial charge in [0.2, 0.25) is 0 Å². The van der Waals surface area contributed by atoms with E-state index in [1.165, 1.54) is 12.1 Å². The third-order valence-electron chi connectivity index (χ3n) is 2.52. The van der Waals surface area contributed by atoms with Gasteiger partial charge in [-0.1, -0.05) is 6.92 Å². The number of nitro groups is 1. The monoisotopic (exact) mass is 254 g/mol. The number of carbonyl (C=O) groups is 1. The summed E-state index contributed by atoms with van der Waals surface area (Å²) in [6.45, 7) is 1.69. The number of hydrogen-bond acceptors (Lipinski definition) is 5. The van der Waals surface area contributed by atoms with Crippen molar-refractivity contribution in [3.8, 4) is 0 Å². The highest BCUT2D eigenvalue weighted by molar-refractivity contribution is 5.95. The number of nitrogens with zero attached hydrogens (tertiary/aromatic N) is 1. The number of aliphatic hydroxyl groups excluding tert-OH is 1. The molecule has 7 nitrogen and oxygen atoms in total. The van der Waals surface area contributed by atoms with Crippen molar-refractivity contribution in [2.75, 3.05) is 11.9 Å². The predicted octanol–water partition coefficient (Wildman–Crippen LogP) is 1.48. The maximum absolute atomic E-state index is 11.0. The third-order valence-corrected chi connectivity index (χ3v) is 2.52. The highest BCUT2D eigenvalue weighted by Gasteiger charge is 2.17. The fourth-order valence-corrected chi connectivity index (χ4v) is 1.45. The van der Waals surface area contributed by atoms with Crippen molar-refractivity contribution >= 4 is 17.3 Å². The molecule has 0 aliphatic carbocycles. The minimum Gasteiger partial charge on any atom is -0.478 e. The Morgan fingerprint density at radius 1 is 1.56 bits per heavy atom. The van der Waals surface area contributed by atoms with Crippen LogP contribution in [-0.4, -0.2) is 33.8 Å². The van der Waals surface area contributed by atoms with Gasteiger partial charge in [0.05, 0.1) is 17.1 Å². The number of aromatic carboxylic acids is 1. The molecule has 0 saturated carbocycles. The average Bonchev–Trinajstić information content (AvgIpc) is 2.35. The summed E-state index contributed by atoms with van der Waals surface area (Å²) in [7, 11) is 0. The van der Waals surface area contributed by atoms with E-state index >= 15 is 0 Å². The molecule has 0 amide bonds. The highest BCUT2D eigenvalue weighted by Crippen LogP contribution is 2.23. The topological polar surface area (TPSA) is 113 Å². The molecule has 1 aromatic carbocycles.